The van der Waals surface area contributed by atoms with E-state index in [2.05, 4.69) is 0 Å². The van der Waals surface area contributed by atoms with Gasteiger partial charge < -0.3 is 14.8 Å². The van der Waals surface area contributed by atoms with Crippen LogP contribution in [-0.4, -0.2) is 29.2 Å². The number of halogens is 4. The summed E-state index contributed by atoms with van der Waals surface area (Å²) in [6, 6.07) is 2.67. The highest BCUT2D eigenvalue weighted by Gasteiger charge is 2.37. The first-order valence-corrected chi connectivity index (χ1v) is 6.76. The Morgan fingerprint density at radius 3 is 2.57 bits per heavy atom. The minimum atomic E-state index is -4.73. The van der Waals surface area contributed by atoms with Gasteiger partial charge in [-0.25, -0.2) is 4.79 Å². The SMILES string of the molecule is Cc1c(C(=O)NC(CC(F)(F)F)C(=O)O)oc2c(Cl)cccc12. The van der Waals surface area contributed by atoms with E-state index >= 15 is 0 Å². The quantitative estimate of drug-likeness (QED) is 0.885. The van der Waals surface area contributed by atoms with Crippen molar-refractivity contribution in [3.8, 4) is 0 Å². The number of amides is 1. The molecule has 0 saturated heterocycles. The van der Waals surface area contributed by atoms with Crippen LogP contribution in [0.5, 0.6) is 0 Å². The highest BCUT2D eigenvalue weighted by molar-refractivity contribution is 6.35. The number of carboxylic acids is 1. The molecule has 2 N–H and O–H groups in total. The van der Waals surface area contributed by atoms with E-state index < -0.39 is 30.5 Å². The Kier molecular flexibility index (Phi) is 4.56. The van der Waals surface area contributed by atoms with Crippen molar-refractivity contribution < 1.29 is 32.3 Å². The van der Waals surface area contributed by atoms with Gasteiger partial charge in [0.2, 0.25) is 0 Å². The second kappa shape index (κ2) is 6.11. The molecule has 0 radical (unpaired) electrons. The van der Waals surface area contributed by atoms with Crippen molar-refractivity contribution in [2.75, 3.05) is 0 Å². The van der Waals surface area contributed by atoms with Crippen molar-refractivity contribution in [1.82, 2.24) is 5.32 Å². The molecular weight excluding hydrogens is 339 g/mol. The maximum Gasteiger partial charge on any atom is 0.391 e. The normalized spacial score (nSPS) is 13.1. The maximum absolute atomic E-state index is 12.4. The van der Waals surface area contributed by atoms with E-state index in [0.717, 1.165) is 0 Å². The Balaban J connectivity index is 2.31. The van der Waals surface area contributed by atoms with E-state index in [9.17, 15) is 22.8 Å². The number of aliphatic carboxylic acids is 1. The lowest BCUT2D eigenvalue weighted by Gasteiger charge is -2.15. The average molecular weight is 350 g/mol. The van der Waals surface area contributed by atoms with Gasteiger partial charge in [0.05, 0.1) is 11.4 Å². The molecule has 124 valence electrons. The number of aryl methyl sites for hydroxylation is 1. The predicted octanol–water partition coefficient (Wildman–Crippen LogP) is 3.53. The predicted molar refractivity (Wildman–Crippen MR) is 75.5 cm³/mol. The summed E-state index contributed by atoms with van der Waals surface area (Å²) in [5.74, 6) is -3.12. The van der Waals surface area contributed by atoms with Gasteiger partial charge in [0.15, 0.2) is 11.3 Å². The van der Waals surface area contributed by atoms with Gasteiger partial charge in [-0.15, -0.1) is 0 Å². The lowest BCUT2D eigenvalue weighted by atomic mass is 10.1. The van der Waals surface area contributed by atoms with Crippen LogP contribution in [-0.2, 0) is 4.79 Å². The molecule has 5 nitrogen and oxygen atoms in total. The van der Waals surface area contributed by atoms with Gasteiger partial charge in [0, 0.05) is 10.9 Å². The maximum atomic E-state index is 12.4. The van der Waals surface area contributed by atoms with Crippen LogP contribution in [0.15, 0.2) is 22.6 Å². The molecule has 2 aromatic rings. The molecule has 0 spiro atoms. The number of para-hydroxylation sites is 1. The lowest BCUT2D eigenvalue weighted by molar-refractivity contribution is -0.157. The Bertz CT molecular complexity index is 769. The van der Waals surface area contributed by atoms with Gasteiger partial charge in [-0.3, -0.25) is 4.79 Å². The van der Waals surface area contributed by atoms with Crippen molar-refractivity contribution in [3.05, 3.63) is 34.5 Å². The molecule has 1 heterocycles. The molecule has 0 aliphatic heterocycles. The third kappa shape index (κ3) is 3.76. The molecule has 0 aliphatic carbocycles. The second-order valence-electron chi connectivity index (χ2n) is 4.86. The van der Waals surface area contributed by atoms with E-state index in [-0.39, 0.29) is 16.4 Å². The molecule has 9 heteroatoms. The first-order chi connectivity index (χ1) is 10.6. The van der Waals surface area contributed by atoms with Gasteiger partial charge in [-0.1, -0.05) is 23.7 Å². The smallest absolute Gasteiger partial charge is 0.391 e. The molecule has 0 bridgehead atoms. The second-order valence-corrected chi connectivity index (χ2v) is 5.26. The molecule has 1 atom stereocenters. The topological polar surface area (TPSA) is 79.5 Å². The molecule has 1 amide bonds. The Morgan fingerprint density at radius 2 is 2.04 bits per heavy atom. The van der Waals surface area contributed by atoms with Crippen LogP contribution in [0.4, 0.5) is 13.2 Å². The third-order valence-electron chi connectivity index (χ3n) is 3.16. The van der Waals surface area contributed by atoms with Gasteiger partial charge in [0.25, 0.3) is 5.91 Å². The number of furan rings is 1. The zero-order chi connectivity index (χ0) is 17.4. The van der Waals surface area contributed by atoms with Crippen LogP contribution >= 0.6 is 11.6 Å². The third-order valence-corrected chi connectivity index (χ3v) is 3.46. The fourth-order valence-corrected chi connectivity index (χ4v) is 2.29. The number of carboxylic acid groups (broad SMARTS) is 1. The molecule has 1 aromatic heterocycles. The summed E-state index contributed by atoms with van der Waals surface area (Å²) >= 11 is 5.92. The van der Waals surface area contributed by atoms with E-state index in [1.165, 1.54) is 13.0 Å². The molecule has 0 saturated carbocycles. The number of alkyl halides is 3. The molecule has 23 heavy (non-hydrogen) atoms. The zero-order valence-electron chi connectivity index (χ0n) is 11.7. The lowest BCUT2D eigenvalue weighted by Crippen LogP contribution is -2.43. The number of rotatable bonds is 4. The Morgan fingerprint density at radius 1 is 1.39 bits per heavy atom. The van der Waals surface area contributed by atoms with Crippen LogP contribution in [0.2, 0.25) is 5.02 Å². The molecule has 0 aliphatic rings. The van der Waals surface area contributed by atoms with Crippen LogP contribution in [0.25, 0.3) is 11.0 Å². The number of nitrogens with one attached hydrogen (secondary N) is 1. The molecule has 0 fully saturated rings. The van der Waals surface area contributed by atoms with E-state index in [1.807, 2.05) is 5.32 Å². The summed E-state index contributed by atoms with van der Waals surface area (Å²) in [5, 5.41) is 11.4. The van der Waals surface area contributed by atoms with Crippen molar-refractivity contribution in [3.63, 3.8) is 0 Å². The van der Waals surface area contributed by atoms with Crippen molar-refractivity contribution >= 4 is 34.4 Å². The highest BCUT2D eigenvalue weighted by atomic mass is 35.5. The number of benzene rings is 1. The highest BCUT2D eigenvalue weighted by Crippen LogP contribution is 2.31. The molecule has 1 unspecified atom stereocenters. The number of fused-ring (bicyclic) bond motifs is 1. The van der Waals surface area contributed by atoms with Crippen molar-refractivity contribution in [2.45, 2.75) is 25.6 Å². The van der Waals surface area contributed by atoms with Crippen molar-refractivity contribution in [1.29, 1.82) is 0 Å². The summed E-state index contributed by atoms with van der Waals surface area (Å²) in [7, 11) is 0. The van der Waals surface area contributed by atoms with Gasteiger partial charge >= 0.3 is 12.1 Å². The first-order valence-electron chi connectivity index (χ1n) is 6.38. The summed E-state index contributed by atoms with van der Waals surface area (Å²) in [6.07, 6.45) is -6.42. The number of hydrogen-bond acceptors (Lipinski definition) is 3. The summed E-state index contributed by atoms with van der Waals surface area (Å²) in [4.78, 5) is 23.0. The van der Waals surface area contributed by atoms with Crippen LogP contribution in [0.1, 0.15) is 22.5 Å². The van der Waals surface area contributed by atoms with Crippen LogP contribution in [0, 0.1) is 6.92 Å². The number of hydrogen-bond donors (Lipinski definition) is 2. The molecular formula is C14H11ClF3NO4. The fourth-order valence-electron chi connectivity index (χ4n) is 2.08. The number of carbonyl (C=O) groups is 2. The Hall–Kier alpha value is -2.22. The van der Waals surface area contributed by atoms with Gasteiger partial charge in [0.1, 0.15) is 6.04 Å². The van der Waals surface area contributed by atoms with Crippen molar-refractivity contribution in [2.24, 2.45) is 0 Å². The Labute approximate surface area is 133 Å². The standard InChI is InChI=1S/C14H11ClF3NO4/c1-6-7-3-2-4-8(15)11(7)23-10(6)12(20)19-9(13(21)22)5-14(16,17)18/h2-4,9H,5H2,1H3,(H,19,20)(H,21,22). The summed E-state index contributed by atoms with van der Waals surface area (Å²) < 4.78 is 42.4. The first kappa shape index (κ1) is 17.1. The van der Waals surface area contributed by atoms with Crippen LogP contribution < -0.4 is 5.32 Å². The minimum absolute atomic E-state index is 0.208. The van der Waals surface area contributed by atoms with Gasteiger partial charge in [-0.2, -0.15) is 13.2 Å². The largest absolute Gasteiger partial charge is 0.480 e. The summed E-state index contributed by atoms with van der Waals surface area (Å²) in [5.41, 5.74) is 0.565. The van der Waals surface area contributed by atoms with E-state index in [1.54, 1.807) is 12.1 Å². The zero-order valence-corrected chi connectivity index (χ0v) is 12.5. The summed E-state index contributed by atoms with van der Waals surface area (Å²) in [6.45, 7) is 1.52. The van der Waals surface area contributed by atoms with E-state index in [4.69, 9.17) is 21.1 Å². The average Bonchev–Trinajstić information content (AvgIpc) is 2.76. The minimum Gasteiger partial charge on any atom is -0.480 e. The molecule has 1 aromatic carbocycles. The monoisotopic (exact) mass is 349 g/mol. The fraction of sp³-hybridized carbons (Fsp3) is 0.286. The van der Waals surface area contributed by atoms with E-state index in [0.29, 0.717) is 10.9 Å². The van der Waals surface area contributed by atoms with Crippen LogP contribution in [0.3, 0.4) is 0 Å². The van der Waals surface area contributed by atoms with Gasteiger partial charge in [-0.05, 0) is 13.0 Å². The molecule has 2 rings (SSSR count). The number of carbonyl (C=O) groups excluding carboxylic acids is 1.